The third-order valence-electron chi connectivity index (χ3n) is 1.81. The van der Waals surface area contributed by atoms with Crippen molar-refractivity contribution in [3.8, 4) is 0 Å². The molecule has 0 aliphatic rings. The lowest BCUT2D eigenvalue weighted by atomic mass is 9.94. The standard InChI is InChI=1S/C12H14O/c1-12(2,10-13)9-8-11-6-4-3-5-7-11/h3-10H,1-2H3. The molecule has 0 saturated carbocycles. The molecule has 0 atom stereocenters. The van der Waals surface area contributed by atoms with Gasteiger partial charge in [-0.2, -0.15) is 0 Å². The molecule has 1 heteroatoms. The largest absolute Gasteiger partial charge is 0.302 e. The molecule has 0 N–H and O–H groups in total. The van der Waals surface area contributed by atoms with E-state index in [1.165, 1.54) is 0 Å². The molecule has 13 heavy (non-hydrogen) atoms. The molecule has 0 radical (unpaired) electrons. The zero-order valence-electron chi connectivity index (χ0n) is 8.03. The second-order valence-electron chi connectivity index (χ2n) is 3.68. The number of carbonyl (C=O) groups excluding carboxylic acids is 1. The van der Waals surface area contributed by atoms with E-state index < -0.39 is 0 Å². The van der Waals surface area contributed by atoms with Crippen LogP contribution in [0.2, 0.25) is 0 Å². The highest BCUT2D eigenvalue weighted by Gasteiger charge is 2.10. The predicted molar refractivity (Wildman–Crippen MR) is 55.3 cm³/mol. The van der Waals surface area contributed by atoms with E-state index in [1.54, 1.807) is 0 Å². The Morgan fingerprint density at radius 3 is 2.31 bits per heavy atom. The number of carbonyl (C=O) groups is 1. The maximum absolute atomic E-state index is 10.6. The summed E-state index contributed by atoms with van der Waals surface area (Å²) in [4.78, 5) is 10.6. The van der Waals surface area contributed by atoms with E-state index in [9.17, 15) is 4.79 Å². The third kappa shape index (κ3) is 3.24. The average molecular weight is 174 g/mol. The fourth-order valence-corrected chi connectivity index (χ4v) is 0.914. The fraction of sp³-hybridized carbons (Fsp3) is 0.250. The second-order valence-corrected chi connectivity index (χ2v) is 3.68. The smallest absolute Gasteiger partial charge is 0.129 e. The Labute approximate surface area is 79.1 Å². The van der Waals surface area contributed by atoms with Gasteiger partial charge in [-0.1, -0.05) is 42.5 Å². The van der Waals surface area contributed by atoms with Crippen LogP contribution in [-0.4, -0.2) is 6.29 Å². The Balaban J connectivity index is 2.75. The van der Waals surface area contributed by atoms with Crippen molar-refractivity contribution >= 4 is 12.4 Å². The molecule has 1 aromatic carbocycles. The van der Waals surface area contributed by atoms with Crippen LogP contribution in [0.4, 0.5) is 0 Å². The lowest BCUT2D eigenvalue weighted by molar-refractivity contribution is -0.112. The van der Waals surface area contributed by atoms with E-state index in [0.29, 0.717) is 0 Å². The molecule has 0 spiro atoms. The van der Waals surface area contributed by atoms with Gasteiger partial charge in [0.15, 0.2) is 0 Å². The second kappa shape index (κ2) is 4.04. The summed E-state index contributed by atoms with van der Waals surface area (Å²) in [6, 6.07) is 9.96. The molecule has 0 aliphatic heterocycles. The highest BCUT2D eigenvalue weighted by atomic mass is 16.1. The molecule has 1 aromatic rings. The summed E-state index contributed by atoms with van der Waals surface area (Å²) in [7, 11) is 0. The van der Waals surface area contributed by atoms with Gasteiger partial charge in [-0.05, 0) is 19.4 Å². The van der Waals surface area contributed by atoms with Gasteiger partial charge in [-0.25, -0.2) is 0 Å². The lowest BCUT2D eigenvalue weighted by Gasteiger charge is -2.09. The number of benzene rings is 1. The van der Waals surface area contributed by atoms with Crippen molar-refractivity contribution in [3.05, 3.63) is 42.0 Å². The van der Waals surface area contributed by atoms with Crippen LogP contribution in [0.3, 0.4) is 0 Å². The van der Waals surface area contributed by atoms with Crippen molar-refractivity contribution in [2.45, 2.75) is 13.8 Å². The first-order chi connectivity index (χ1) is 6.14. The van der Waals surface area contributed by atoms with E-state index in [4.69, 9.17) is 0 Å². The van der Waals surface area contributed by atoms with Gasteiger partial charge in [0.2, 0.25) is 0 Å². The van der Waals surface area contributed by atoms with Gasteiger partial charge >= 0.3 is 0 Å². The summed E-state index contributed by atoms with van der Waals surface area (Å²) >= 11 is 0. The van der Waals surface area contributed by atoms with Crippen LogP contribution in [0.5, 0.6) is 0 Å². The van der Waals surface area contributed by atoms with Gasteiger partial charge in [-0.15, -0.1) is 0 Å². The Kier molecular flexibility index (Phi) is 3.02. The molecule has 0 bridgehead atoms. The summed E-state index contributed by atoms with van der Waals surface area (Å²) < 4.78 is 0. The summed E-state index contributed by atoms with van der Waals surface area (Å²) in [6.45, 7) is 3.78. The minimum Gasteiger partial charge on any atom is -0.302 e. The average Bonchev–Trinajstić information content (AvgIpc) is 2.17. The van der Waals surface area contributed by atoms with Crippen LogP contribution in [0.1, 0.15) is 19.4 Å². The zero-order valence-corrected chi connectivity index (χ0v) is 8.03. The van der Waals surface area contributed by atoms with Gasteiger partial charge in [0.1, 0.15) is 6.29 Å². The van der Waals surface area contributed by atoms with Crippen LogP contribution >= 0.6 is 0 Å². The molecule has 0 fully saturated rings. The van der Waals surface area contributed by atoms with Crippen LogP contribution in [0, 0.1) is 5.41 Å². The highest BCUT2D eigenvalue weighted by molar-refractivity contribution is 5.65. The molecule has 1 nitrogen and oxygen atoms in total. The number of hydrogen-bond donors (Lipinski definition) is 0. The van der Waals surface area contributed by atoms with E-state index in [-0.39, 0.29) is 5.41 Å². The molecule has 68 valence electrons. The van der Waals surface area contributed by atoms with Gasteiger partial charge in [0.25, 0.3) is 0 Å². The molecule has 0 heterocycles. The van der Waals surface area contributed by atoms with Crippen LogP contribution < -0.4 is 0 Å². The predicted octanol–water partition coefficient (Wildman–Crippen LogP) is 2.92. The minimum atomic E-state index is -0.365. The summed E-state index contributed by atoms with van der Waals surface area (Å²) in [6.07, 6.45) is 4.83. The van der Waals surface area contributed by atoms with Crippen LogP contribution in [0.25, 0.3) is 6.08 Å². The quantitative estimate of drug-likeness (QED) is 0.644. The van der Waals surface area contributed by atoms with Crippen molar-refractivity contribution < 1.29 is 4.79 Å². The highest BCUT2D eigenvalue weighted by Crippen LogP contribution is 2.15. The zero-order chi connectivity index (χ0) is 9.73. The van der Waals surface area contributed by atoms with Crippen molar-refractivity contribution in [2.75, 3.05) is 0 Å². The molecule has 0 aliphatic carbocycles. The Morgan fingerprint density at radius 1 is 1.15 bits per heavy atom. The molecule has 0 saturated heterocycles. The number of aldehydes is 1. The molecule has 0 aromatic heterocycles. The van der Waals surface area contributed by atoms with Crippen molar-refractivity contribution in [1.29, 1.82) is 0 Å². The van der Waals surface area contributed by atoms with Gasteiger partial charge < -0.3 is 4.79 Å². The first kappa shape index (κ1) is 9.72. The molecular formula is C12H14O. The number of allylic oxidation sites excluding steroid dienone is 1. The maximum atomic E-state index is 10.6. The van der Waals surface area contributed by atoms with E-state index in [2.05, 4.69) is 0 Å². The summed E-state index contributed by atoms with van der Waals surface area (Å²) in [5.41, 5.74) is 0.757. The molecular weight excluding hydrogens is 160 g/mol. The first-order valence-electron chi connectivity index (χ1n) is 4.35. The Hall–Kier alpha value is -1.37. The van der Waals surface area contributed by atoms with E-state index >= 15 is 0 Å². The van der Waals surface area contributed by atoms with Gasteiger partial charge in [0, 0.05) is 5.41 Å². The van der Waals surface area contributed by atoms with Crippen LogP contribution in [0.15, 0.2) is 36.4 Å². The lowest BCUT2D eigenvalue weighted by Crippen LogP contribution is -2.07. The van der Waals surface area contributed by atoms with E-state index in [1.807, 2.05) is 56.3 Å². The molecule has 1 rings (SSSR count). The Morgan fingerprint density at radius 2 is 1.77 bits per heavy atom. The maximum Gasteiger partial charge on any atom is 0.129 e. The van der Waals surface area contributed by atoms with Crippen molar-refractivity contribution in [1.82, 2.24) is 0 Å². The Bertz CT molecular complexity index is 296. The third-order valence-corrected chi connectivity index (χ3v) is 1.81. The van der Waals surface area contributed by atoms with Crippen LogP contribution in [-0.2, 0) is 4.79 Å². The summed E-state index contributed by atoms with van der Waals surface area (Å²) in [5.74, 6) is 0. The first-order valence-corrected chi connectivity index (χ1v) is 4.35. The topological polar surface area (TPSA) is 17.1 Å². The minimum absolute atomic E-state index is 0.365. The molecule has 0 unspecified atom stereocenters. The van der Waals surface area contributed by atoms with Gasteiger partial charge in [-0.3, -0.25) is 0 Å². The van der Waals surface area contributed by atoms with E-state index in [0.717, 1.165) is 11.8 Å². The number of rotatable bonds is 3. The van der Waals surface area contributed by atoms with Crippen molar-refractivity contribution in [3.63, 3.8) is 0 Å². The van der Waals surface area contributed by atoms with Gasteiger partial charge in [0.05, 0.1) is 0 Å². The van der Waals surface area contributed by atoms with Crippen molar-refractivity contribution in [2.24, 2.45) is 5.41 Å². The molecule has 0 amide bonds. The SMILES string of the molecule is CC(C)(C=O)C=Cc1ccccc1. The summed E-state index contributed by atoms with van der Waals surface area (Å²) in [5, 5.41) is 0. The normalized spacial score (nSPS) is 11.8. The number of hydrogen-bond acceptors (Lipinski definition) is 1. The fourth-order valence-electron chi connectivity index (χ4n) is 0.914. The monoisotopic (exact) mass is 174 g/mol.